The van der Waals surface area contributed by atoms with E-state index in [1.54, 1.807) is 17.1 Å². The van der Waals surface area contributed by atoms with Crippen LogP contribution in [0.25, 0.3) is 5.69 Å². The van der Waals surface area contributed by atoms with Crippen LogP contribution in [0.5, 0.6) is 0 Å². The number of amides is 1. The molecule has 0 fully saturated rings. The zero-order chi connectivity index (χ0) is 16.2. The number of para-hydroxylation sites is 1. The van der Waals surface area contributed by atoms with Gasteiger partial charge in [-0.05, 0) is 37.1 Å². The SMILES string of the molecule is Cc1ccc(C)c(CNC(=O)c2cnn(-c3ccccc3)c2)c1. The Bertz CT molecular complexity index is 822. The van der Waals surface area contributed by atoms with E-state index in [0.29, 0.717) is 12.1 Å². The first-order valence-electron chi connectivity index (χ1n) is 7.58. The maximum Gasteiger partial charge on any atom is 0.254 e. The van der Waals surface area contributed by atoms with E-state index >= 15 is 0 Å². The largest absolute Gasteiger partial charge is 0.348 e. The molecule has 0 saturated carbocycles. The summed E-state index contributed by atoms with van der Waals surface area (Å²) in [6, 6.07) is 16.0. The molecule has 1 amide bonds. The fraction of sp³-hybridized carbons (Fsp3) is 0.158. The number of aryl methyl sites for hydroxylation is 2. The summed E-state index contributed by atoms with van der Waals surface area (Å²) in [5, 5.41) is 7.21. The summed E-state index contributed by atoms with van der Waals surface area (Å²) in [5.41, 5.74) is 4.99. The number of benzene rings is 2. The topological polar surface area (TPSA) is 46.9 Å². The molecular weight excluding hydrogens is 286 g/mol. The van der Waals surface area contributed by atoms with Crippen molar-refractivity contribution in [2.24, 2.45) is 0 Å². The van der Waals surface area contributed by atoms with E-state index in [0.717, 1.165) is 11.3 Å². The van der Waals surface area contributed by atoms with E-state index < -0.39 is 0 Å². The molecule has 4 heteroatoms. The van der Waals surface area contributed by atoms with Gasteiger partial charge in [0.05, 0.1) is 17.4 Å². The van der Waals surface area contributed by atoms with Crippen LogP contribution in [0, 0.1) is 13.8 Å². The Morgan fingerprint density at radius 2 is 1.91 bits per heavy atom. The van der Waals surface area contributed by atoms with Crippen molar-refractivity contribution >= 4 is 5.91 Å². The van der Waals surface area contributed by atoms with Gasteiger partial charge in [0.25, 0.3) is 5.91 Å². The highest BCUT2D eigenvalue weighted by Crippen LogP contribution is 2.11. The van der Waals surface area contributed by atoms with E-state index in [4.69, 9.17) is 0 Å². The van der Waals surface area contributed by atoms with Gasteiger partial charge in [-0.25, -0.2) is 4.68 Å². The summed E-state index contributed by atoms with van der Waals surface area (Å²) < 4.78 is 1.70. The molecule has 1 aromatic heterocycles. The first kappa shape index (κ1) is 15.0. The monoisotopic (exact) mass is 305 g/mol. The van der Waals surface area contributed by atoms with Crippen molar-refractivity contribution in [3.63, 3.8) is 0 Å². The minimum Gasteiger partial charge on any atom is -0.348 e. The summed E-state index contributed by atoms with van der Waals surface area (Å²) in [6.45, 7) is 4.62. The molecule has 1 N–H and O–H groups in total. The molecule has 0 bridgehead atoms. The average Bonchev–Trinajstić information content (AvgIpc) is 3.06. The first-order chi connectivity index (χ1) is 11.1. The number of nitrogens with zero attached hydrogens (tertiary/aromatic N) is 2. The van der Waals surface area contributed by atoms with Crippen LogP contribution in [0.4, 0.5) is 0 Å². The molecule has 2 aromatic carbocycles. The van der Waals surface area contributed by atoms with Crippen LogP contribution in [0.15, 0.2) is 60.9 Å². The van der Waals surface area contributed by atoms with Gasteiger partial charge in [-0.3, -0.25) is 4.79 Å². The van der Waals surface area contributed by atoms with Crippen molar-refractivity contribution in [1.29, 1.82) is 0 Å². The Hall–Kier alpha value is -2.88. The van der Waals surface area contributed by atoms with Crippen molar-refractivity contribution in [1.82, 2.24) is 15.1 Å². The fourth-order valence-electron chi connectivity index (χ4n) is 2.43. The molecule has 0 spiro atoms. The van der Waals surface area contributed by atoms with Crippen molar-refractivity contribution < 1.29 is 4.79 Å². The number of aromatic nitrogens is 2. The number of hydrogen-bond acceptors (Lipinski definition) is 2. The van der Waals surface area contributed by atoms with E-state index in [-0.39, 0.29) is 5.91 Å². The molecule has 0 aliphatic rings. The smallest absolute Gasteiger partial charge is 0.254 e. The van der Waals surface area contributed by atoms with Gasteiger partial charge in [0, 0.05) is 12.7 Å². The number of rotatable bonds is 4. The Balaban J connectivity index is 1.69. The van der Waals surface area contributed by atoms with Crippen molar-refractivity contribution in [2.75, 3.05) is 0 Å². The minimum absolute atomic E-state index is 0.118. The van der Waals surface area contributed by atoms with Gasteiger partial charge >= 0.3 is 0 Å². The summed E-state index contributed by atoms with van der Waals surface area (Å²) in [5.74, 6) is -0.118. The molecule has 3 rings (SSSR count). The Labute approximate surface area is 135 Å². The molecule has 0 radical (unpaired) electrons. The average molecular weight is 305 g/mol. The molecule has 0 aliphatic carbocycles. The van der Waals surface area contributed by atoms with Crippen LogP contribution in [-0.2, 0) is 6.54 Å². The zero-order valence-electron chi connectivity index (χ0n) is 13.3. The maximum atomic E-state index is 12.3. The Kier molecular flexibility index (Phi) is 4.24. The van der Waals surface area contributed by atoms with Crippen molar-refractivity contribution in [3.8, 4) is 5.69 Å². The van der Waals surface area contributed by atoms with Crippen LogP contribution in [0.3, 0.4) is 0 Å². The molecule has 4 nitrogen and oxygen atoms in total. The summed E-state index contributed by atoms with van der Waals surface area (Å²) in [7, 11) is 0. The molecule has 0 aliphatic heterocycles. The molecule has 116 valence electrons. The highest BCUT2D eigenvalue weighted by Gasteiger charge is 2.09. The van der Waals surface area contributed by atoms with Gasteiger partial charge in [-0.2, -0.15) is 5.10 Å². The normalized spacial score (nSPS) is 10.5. The molecule has 23 heavy (non-hydrogen) atoms. The second-order valence-corrected chi connectivity index (χ2v) is 5.62. The van der Waals surface area contributed by atoms with Crippen LogP contribution in [0.2, 0.25) is 0 Å². The first-order valence-corrected chi connectivity index (χ1v) is 7.58. The minimum atomic E-state index is -0.118. The Morgan fingerprint density at radius 3 is 2.70 bits per heavy atom. The fourth-order valence-corrected chi connectivity index (χ4v) is 2.43. The van der Waals surface area contributed by atoms with Gasteiger partial charge in [-0.15, -0.1) is 0 Å². The number of nitrogens with one attached hydrogen (secondary N) is 1. The number of carbonyl (C=O) groups is 1. The van der Waals surface area contributed by atoms with Gasteiger partial charge < -0.3 is 5.32 Å². The maximum absolute atomic E-state index is 12.3. The molecule has 0 atom stereocenters. The quantitative estimate of drug-likeness (QED) is 0.803. The van der Waals surface area contributed by atoms with E-state index in [1.807, 2.05) is 37.3 Å². The predicted octanol–water partition coefficient (Wildman–Crippen LogP) is 3.42. The predicted molar refractivity (Wildman–Crippen MR) is 90.7 cm³/mol. The summed E-state index contributed by atoms with van der Waals surface area (Å²) in [6.07, 6.45) is 3.33. The Morgan fingerprint density at radius 1 is 1.13 bits per heavy atom. The van der Waals surface area contributed by atoms with Crippen LogP contribution < -0.4 is 5.32 Å². The van der Waals surface area contributed by atoms with E-state index in [2.05, 4.69) is 35.5 Å². The van der Waals surface area contributed by atoms with Gasteiger partial charge in [-0.1, -0.05) is 42.0 Å². The van der Waals surface area contributed by atoms with Gasteiger partial charge in [0.15, 0.2) is 0 Å². The van der Waals surface area contributed by atoms with Crippen molar-refractivity contribution in [2.45, 2.75) is 20.4 Å². The van der Waals surface area contributed by atoms with Crippen LogP contribution in [-0.4, -0.2) is 15.7 Å². The second-order valence-electron chi connectivity index (χ2n) is 5.62. The zero-order valence-corrected chi connectivity index (χ0v) is 13.3. The third-order valence-corrected chi connectivity index (χ3v) is 3.81. The lowest BCUT2D eigenvalue weighted by Gasteiger charge is -2.08. The third kappa shape index (κ3) is 3.48. The summed E-state index contributed by atoms with van der Waals surface area (Å²) in [4.78, 5) is 12.3. The number of hydrogen-bond donors (Lipinski definition) is 1. The van der Waals surface area contributed by atoms with Crippen LogP contribution in [0.1, 0.15) is 27.0 Å². The lowest BCUT2D eigenvalue weighted by Crippen LogP contribution is -2.22. The molecule has 3 aromatic rings. The highest BCUT2D eigenvalue weighted by atomic mass is 16.1. The van der Waals surface area contributed by atoms with E-state index in [1.165, 1.54) is 11.1 Å². The molecule has 1 heterocycles. The highest BCUT2D eigenvalue weighted by molar-refractivity contribution is 5.93. The van der Waals surface area contributed by atoms with Crippen LogP contribution >= 0.6 is 0 Å². The molecule has 0 saturated heterocycles. The standard InChI is InChI=1S/C19H19N3O/c1-14-8-9-15(2)16(10-14)11-20-19(23)17-12-21-22(13-17)18-6-4-3-5-7-18/h3-10,12-13H,11H2,1-2H3,(H,20,23). The number of carbonyl (C=O) groups excluding carboxylic acids is 1. The molecule has 0 unspecified atom stereocenters. The van der Waals surface area contributed by atoms with Crippen molar-refractivity contribution in [3.05, 3.63) is 83.2 Å². The second kappa shape index (κ2) is 6.48. The summed E-state index contributed by atoms with van der Waals surface area (Å²) >= 11 is 0. The lowest BCUT2D eigenvalue weighted by molar-refractivity contribution is 0.0951. The van der Waals surface area contributed by atoms with E-state index in [9.17, 15) is 4.79 Å². The van der Waals surface area contributed by atoms with Gasteiger partial charge in [0.2, 0.25) is 0 Å². The third-order valence-electron chi connectivity index (χ3n) is 3.81. The lowest BCUT2D eigenvalue weighted by atomic mass is 10.1. The molecular formula is C19H19N3O. The van der Waals surface area contributed by atoms with Gasteiger partial charge in [0.1, 0.15) is 0 Å².